The van der Waals surface area contributed by atoms with Crippen molar-refractivity contribution in [3.8, 4) is 0 Å². The number of sulfone groups is 1. The van der Waals surface area contributed by atoms with E-state index in [1.165, 1.54) is 11.8 Å². The van der Waals surface area contributed by atoms with Gasteiger partial charge < -0.3 is 14.8 Å². The maximum Gasteiger partial charge on any atom is 0.233 e. The summed E-state index contributed by atoms with van der Waals surface area (Å²) in [5, 5.41) is 11.5. The third kappa shape index (κ3) is 5.71. The van der Waals surface area contributed by atoms with Gasteiger partial charge in [0.1, 0.15) is 0 Å². The Labute approximate surface area is 175 Å². The fourth-order valence-corrected chi connectivity index (χ4v) is 6.27. The molecule has 1 aromatic rings. The van der Waals surface area contributed by atoms with E-state index >= 15 is 0 Å². The topological polar surface area (TPSA) is 114 Å². The van der Waals surface area contributed by atoms with Crippen molar-refractivity contribution in [1.29, 1.82) is 0 Å². The Morgan fingerprint density at radius 1 is 1.31 bits per heavy atom. The highest BCUT2D eigenvalue weighted by Gasteiger charge is 2.30. The van der Waals surface area contributed by atoms with E-state index in [2.05, 4.69) is 15.5 Å². The van der Waals surface area contributed by atoms with Crippen LogP contribution in [0, 0.1) is 0 Å². The SMILES string of the molecule is CCn1c(CN2CCCCCC2=O)nnc1S[C@@H](C)C(=O)N[C@H]1CCS(=O)(=O)C1. The van der Waals surface area contributed by atoms with E-state index in [1.807, 2.05) is 16.4 Å². The van der Waals surface area contributed by atoms with E-state index in [0.29, 0.717) is 31.1 Å². The Morgan fingerprint density at radius 3 is 2.79 bits per heavy atom. The first-order chi connectivity index (χ1) is 13.8. The molecule has 2 aliphatic rings. The lowest BCUT2D eigenvalue weighted by Gasteiger charge is -2.20. The summed E-state index contributed by atoms with van der Waals surface area (Å²) in [7, 11) is -3.03. The van der Waals surface area contributed by atoms with Gasteiger partial charge in [0.25, 0.3) is 0 Å². The van der Waals surface area contributed by atoms with Crippen molar-refractivity contribution in [1.82, 2.24) is 25.0 Å². The van der Waals surface area contributed by atoms with Gasteiger partial charge in [-0.2, -0.15) is 0 Å². The van der Waals surface area contributed by atoms with Gasteiger partial charge in [-0.15, -0.1) is 10.2 Å². The Morgan fingerprint density at radius 2 is 2.10 bits per heavy atom. The van der Waals surface area contributed by atoms with Crippen molar-refractivity contribution in [2.75, 3.05) is 18.1 Å². The van der Waals surface area contributed by atoms with E-state index in [4.69, 9.17) is 0 Å². The lowest BCUT2D eigenvalue weighted by atomic mass is 10.2. The molecule has 2 atom stereocenters. The van der Waals surface area contributed by atoms with Gasteiger partial charge in [0.15, 0.2) is 20.8 Å². The summed E-state index contributed by atoms with van der Waals surface area (Å²) in [5.74, 6) is 0.811. The summed E-state index contributed by atoms with van der Waals surface area (Å²) in [6.07, 6.45) is 4.05. The Hall–Kier alpha value is -1.62. The van der Waals surface area contributed by atoms with Crippen LogP contribution in [-0.4, -0.2) is 69.2 Å². The molecule has 0 radical (unpaired) electrons. The molecule has 0 bridgehead atoms. The fourth-order valence-electron chi connectivity index (χ4n) is 3.66. The highest BCUT2D eigenvalue weighted by molar-refractivity contribution is 8.00. The van der Waals surface area contributed by atoms with Gasteiger partial charge in [-0.05, 0) is 33.1 Å². The molecule has 2 saturated heterocycles. The van der Waals surface area contributed by atoms with Crippen LogP contribution in [0.5, 0.6) is 0 Å². The first kappa shape index (κ1) is 22.1. The third-order valence-corrected chi connectivity index (χ3v) is 8.19. The van der Waals surface area contributed by atoms with Gasteiger partial charge in [0.05, 0.1) is 23.3 Å². The summed E-state index contributed by atoms with van der Waals surface area (Å²) in [6, 6.07) is -0.316. The van der Waals surface area contributed by atoms with Gasteiger partial charge >= 0.3 is 0 Å². The minimum absolute atomic E-state index is 0.00921. The van der Waals surface area contributed by atoms with Crippen LogP contribution < -0.4 is 5.32 Å². The normalized spacial score (nSPS) is 23.0. The van der Waals surface area contributed by atoms with Gasteiger partial charge in [0.2, 0.25) is 11.8 Å². The molecule has 2 aliphatic heterocycles. The Balaban J connectivity index is 1.61. The Kier molecular flexibility index (Phi) is 7.20. The first-order valence-corrected chi connectivity index (χ1v) is 12.9. The van der Waals surface area contributed by atoms with Crippen LogP contribution in [0.3, 0.4) is 0 Å². The van der Waals surface area contributed by atoms with Gasteiger partial charge in [0, 0.05) is 25.6 Å². The number of thioether (sulfide) groups is 1. The van der Waals surface area contributed by atoms with Gasteiger partial charge in [-0.3, -0.25) is 9.59 Å². The Bertz CT molecular complexity index is 854. The lowest BCUT2D eigenvalue weighted by molar-refractivity contribution is -0.131. The monoisotopic (exact) mass is 443 g/mol. The average molecular weight is 444 g/mol. The number of hydrogen-bond acceptors (Lipinski definition) is 7. The fraction of sp³-hybridized carbons (Fsp3) is 0.778. The molecule has 1 N–H and O–H groups in total. The molecule has 0 unspecified atom stereocenters. The second-order valence-electron chi connectivity index (χ2n) is 7.64. The predicted octanol–water partition coefficient (Wildman–Crippen LogP) is 0.985. The van der Waals surface area contributed by atoms with Crippen molar-refractivity contribution in [2.45, 2.75) is 75.5 Å². The van der Waals surface area contributed by atoms with Crippen LogP contribution in [0.15, 0.2) is 5.16 Å². The smallest absolute Gasteiger partial charge is 0.233 e. The summed E-state index contributed by atoms with van der Waals surface area (Å²) in [4.78, 5) is 26.6. The van der Waals surface area contributed by atoms with Crippen LogP contribution in [-0.2, 0) is 32.5 Å². The molecule has 0 spiro atoms. The van der Waals surface area contributed by atoms with Crippen molar-refractivity contribution in [3.05, 3.63) is 5.82 Å². The van der Waals surface area contributed by atoms with Crippen LogP contribution in [0.1, 0.15) is 51.8 Å². The molecule has 0 aromatic carbocycles. The third-order valence-electron chi connectivity index (χ3n) is 5.34. The van der Waals surface area contributed by atoms with Crippen LogP contribution >= 0.6 is 11.8 Å². The van der Waals surface area contributed by atoms with E-state index in [0.717, 1.165) is 31.6 Å². The highest BCUT2D eigenvalue weighted by Crippen LogP contribution is 2.24. The molecule has 0 aliphatic carbocycles. The van der Waals surface area contributed by atoms with Crippen LogP contribution in [0.2, 0.25) is 0 Å². The molecule has 3 heterocycles. The zero-order chi connectivity index (χ0) is 21.0. The number of aromatic nitrogens is 3. The molecule has 162 valence electrons. The molecule has 2 amide bonds. The maximum absolute atomic E-state index is 12.5. The maximum atomic E-state index is 12.5. The summed E-state index contributed by atoms with van der Waals surface area (Å²) in [5.41, 5.74) is 0. The summed E-state index contributed by atoms with van der Waals surface area (Å²) < 4.78 is 25.1. The number of hydrogen-bond donors (Lipinski definition) is 1. The predicted molar refractivity (Wildman–Crippen MR) is 110 cm³/mol. The van der Waals surface area contributed by atoms with E-state index < -0.39 is 15.1 Å². The second kappa shape index (κ2) is 9.46. The number of carbonyl (C=O) groups is 2. The molecule has 9 nitrogen and oxygen atoms in total. The number of amides is 2. The van der Waals surface area contributed by atoms with Crippen molar-refractivity contribution < 1.29 is 18.0 Å². The minimum Gasteiger partial charge on any atom is -0.351 e. The molecule has 2 fully saturated rings. The quantitative estimate of drug-likeness (QED) is 0.625. The van der Waals surface area contributed by atoms with Crippen molar-refractivity contribution in [2.24, 2.45) is 0 Å². The molecule has 29 heavy (non-hydrogen) atoms. The number of rotatable bonds is 7. The molecule has 11 heteroatoms. The largest absolute Gasteiger partial charge is 0.351 e. The van der Waals surface area contributed by atoms with Crippen molar-refractivity contribution >= 4 is 33.4 Å². The molecule has 1 aromatic heterocycles. The van der Waals surface area contributed by atoms with E-state index in [-0.39, 0.29) is 29.4 Å². The highest BCUT2D eigenvalue weighted by atomic mass is 32.2. The van der Waals surface area contributed by atoms with Gasteiger partial charge in [-0.1, -0.05) is 18.2 Å². The van der Waals surface area contributed by atoms with Crippen LogP contribution in [0.4, 0.5) is 0 Å². The molecule has 3 rings (SSSR count). The van der Waals surface area contributed by atoms with Crippen molar-refractivity contribution in [3.63, 3.8) is 0 Å². The number of nitrogens with one attached hydrogen (secondary N) is 1. The first-order valence-electron chi connectivity index (χ1n) is 10.2. The number of carbonyl (C=O) groups excluding carboxylic acids is 2. The van der Waals surface area contributed by atoms with Crippen LogP contribution in [0.25, 0.3) is 0 Å². The number of likely N-dealkylation sites (tertiary alicyclic amines) is 1. The average Bonchev–Trinajstić information content (AvgIpc) is 3.14. The molecular weight excluding hydrogens is 414 g/mol. The minimum atomic E-state index is -3.03. The number of nitrogens with zero attached hydrogens (tertiary/aromatic N) is 4. The lowest BCUT2D eigenvalue weighted by Crippen LogP contribution is -2.40. The second-order valence-corrected chi connectivity index (χ2v) is 11.2. The zero-order valence-electron chi connectivity index (χ0n) is 17.0. The summed E-state index contributed by atoms with van der Waals surface area (Å²) >= 11 is 1.30. The van der Waals surface area contributed by atoms with Gasteiger partial charge in [-0.25, -0.2) is 8.42 Å². The van der Waals surface area contributed by atoms with E-state index in [9.17, 15) is 18.0 Å². The van der Waals surface area contributed by atoms with E-state index in [1.54, 1.807) is 6.92 Å². The zero-order valence-corrected chi connectivity index (χ0v) is 18.6. The molecule has 0 saturated carbocycles. The summed E-state index contributed by atoms with van der Waals surface area (Å²) in [6.45, 7) is 5.56. The molecular formula is C18H29N5O4S2. The standard InChI is InChI=1S/C18H29N5O4S2/c1-3-23-15(11-22-9-6-4-5-7-16(22)24)20-21-18(23)28-13(2)17(25)19-14-8-10-29(26,27)12-14/h13-14H,3-12H2,1-2H3,(H,19,25)/t13-,14-/m0/s1.